The summed E-state index contributed by atoms with van der Waals surface area (Å²) in [4.78, 5) is 0. The first kappa shape index (κ1) is 17.1. The van der Waals surface area contributed by atoms with Gasteiger partial charge in [-0.15, -0.1) is 0 Å². The van der Waals surface area contributed by atoms with E-state index in [2.05, 4.69) is 47.8 Å². The van der Waals surface area contributed by atoms with E-state index in [0.717, 1.165) is 35.0 Å². The highest BCUT2D eigenvalue weighted by atomic mass is 19.1. The summed E-state index contributed by atoms with van der Waals surface area (Å²) in [5.74, 6) is 3.33. The van der Waals surface area contributed by atoms with Gasteiger partial charge in [-0.1, -0.05) is 30.3 Å². The molecule has 5 aliphatic carbocycles. The Morgan fingerprint density at radius 1 is 0.667 bits per heavy atom. The van der Waals surface area contributed by atoms with E-state index in [1.807, 2.05) is 0 Å². The number of hydrogen-bond acceptors (Lipinski definition) is 1. The van der Waals surface area contributed by atoms with Crippen molar-refractivity contribution in [3.05, 3.63) is 83.7 Å². The van der Waals surface area contributed by atoms with Gasteiger partial charge in [-0.3, -0.25) is 0 Å². The second kappa shape index (κ2) is 5.97. The van der Waals surface area contributed by atoms with Gasteiger partial charge in [0, 0.05) is 16.8 Å². The normalized spacial score (nSPS) is 32.3. The Bertz CT molecular complexity index is 1120. The van der Waals surface area contributed by atoms with Gasteiger partial charge < -0.3 is 5.32 Å². The lowest BCUT2D eigenvalue weighted by Gasteiger charge is -2.61. The van der Waals surface area contributed by atoms with Gasteiger partial charge in [-0.25, -0.2) is 4.39 Å². The predicted molar refractivity (Wildman–Crippen MR) is 119 cm³/mol. The minimum absolute atomic E-state index is 0.202. The SMILES string of the molecule is Fc1ccc(Nc2ccc3c(c2)-c2ccccc2C32C3CC4CC(C3)CC2C4)cc1. The topological polar surface area (TPSA) is 12.0 Å². The molecule has 3 aromatic carbocycles. The maximum absolute atomic E-state index is 13.3. The number of fused-ring (bicyclic) bond motifs is 3. The van der Waals surface area contributed by atoms with Crippen molar-refractivity contribution < 1.29 is 4.39 Å². The molecule has 4 bridgehead atoms. The van der Waals surface area contributed by atoms with Crippen LogP contribution in [-0.4, -0.2) is 0 Å². The van der Waals surface area contributed by atoms with Crippen LogP contribution >= 0.6 is 0 Å². The van der Waals surface area contributed by atoms with Crippen LogP contribution in [0.5, 0.6) is 0 Å². The van der Waals surface area contributed by atoms with Gasteiger partial charge in [0.05, 0.1) is 0 Å². The molecule has 1 nitrogen and oxygen atoms in total. The van der Waals surface area contributed by atoms with Crippen LogP contribution in [0.25, 0.3) is 11.1 Å². The first-order chi connectivity index (χ1) is 14.7. The molecule has 0 amide bonds. The minimum Gasteiger partial charge on any atom is -0.356 e. The van der Waals surface area contributed by atoms with Crippen molar-refractivity contribution in [1.82, 2.24) is 0 Å². The van der Waals surface area contributed by atoms with E-state index in [-0.39, 0.29) is 11.2 Å². The summed E-state index contributed by atoms with van der Waals surface area (Å²) in [6.45, 7) is 0. The van der Waals surface area contributed by atoms with Crippen LogP contribution in [0, 0.1) is 29.5 Å². The lowest BCUT2D eigenvalue weighted by Crippen LogP contribution is -2.55. The quantitative estimate of drug-likeness (QED) is 0.480. The molecule has 0 saturated heterocycles. The molecule has 0 heterocycles. The van der Waals surface area contributed by atoms with Crippen LogP contribution in [0.4, 0.5) is 15.8 Å². The van der Waals surface area contributed by atoms with Gasteiger partial charge in [-0.2, -0.15) is 0 Å². The number of nitrogens with one attached hydrogen (secondary N) is 1. The molecule has 2 heteroatoms. The summed E-state index contributed by atoms with van der Waals surface area (Å²) >= 11 is 0. The molecular weight excluding hydrogens is 369 g/mol. The summed E-state index contributed by atoms with van der Waals surface area (Å²) in [6, 6.07) is 22.8. The smallest absolute Gasteiger partial charge is 0.123 e. The van der Waals surface area contributed by atoms with Gasteiger partial charge in [0.25, 0.3) is 0 Å². The molecule has 4 fully saturated rings. The Labute approximate surface area is 177 Å². The zero-order valence-corrected chi connectivity index (χ0v) is 17.1. The molecule has 1 N–H and O–H groups in total. The van der Waals surface area contributed by atoms with Crippen molar-refractivity contribution in [3.8, 4) is 11.1 Å². The van der Waals surface area contributed by atoms with Gasteiger partial charge >= 0.3 is 0 Å². The van der Waals surface area contributed by atoms with E-state index in [1.165, 1.54) is 55.4 Å². The van der Waals surface area contributed by atoms with Crippen LogP contribution in [0.15, 0.2) is 66.7 Å². The van der Waals surface area contributed by atoms with Crippen LogP contribution in [0.1, 0.15) is 43.2 Å². The number of rotatable bonds is 2. The average molecular weight is 396 g/mol. The van der Waals surface area contributed by atoms with Crippen molar-refractivity contribution >= 4 is 11.4 Å². The Morgan fingerprint density at radius 2 is 1.30 bits per heavy atom. The van der Waals surface area contributed by atoms with Crippen LogP contribution in [-0.2, 0) is 5.41 Å². The molecule has 1 spiro atoms. The van der Waals surface area contributed by atoms with Crippen molar-refractivity contribution in [1.29, 1.82) is 0 Å². The molecule has 0 aliphatic heterocycles. The van der Waals surface area contributed by atoms with Gasteiger partial charge in [0.2, 0.25) is 0 Å². The van der Waals surface area contributed by atoms with Crippen LogP contribution in [0.3, 0.4) is 0 Å². The van der Waals surface area contributed by atoms with Crippen LogP contribution < -0.4 is 5.32 Å². The molecule has 30 heavy (non-hydrogen) atoms. The Kier molecular flexibility index (Phi) is 3.40. The summed E-state index contributed by atoms with van der Waals surface area (Å²) in [6.07, 6.45) is 7.14. The highest BCUT2D eigenvalue weighted by molar-refractivity contribution is 5.84. The van der Waals surface area contributed by atoms with Gasteiger partial charge in [0.1, 0.15) is 5.82 Å². The third-order valence-corrected chi connectivity index (χ3v) is 8.69. The van der Waals surface area contributed by atoms with Crippen LogP contribution in [0.2, 0.25) is 0 Å². The summed E-state index contributed by atoms with van der Waals surface area (Å²) in [5.41, 5.74) is 8.24. The lowest BCUT2D eigenvalue weighted by molar-refractivity contribution is -0.0399. The van der Waals surface area contributed by atoms with E-state index >= 15 is 0 Å². The Morgan fingerprint density at radius 3 is 2.03 bits per heavy atom. The van der Waals surface area contributed by atoms with E-state index in [0.29, 0.717) is 0 Å². The zero-order valence-electron chi connectivity index (χ0n) is 17.1. The molecule has 4 saturated carbocycles. The van der Waals surface area contributed by atoms with Crippen molar-refractivity contribution in [2.24, 2.45) is 23.7 Å². The van der Waals surface area contributed by atoms with E-state index in [1.54, 1.807) is 23.3 Å². The molecule has 8 rings (SSSR count). The highest BCUT2D eigenvalue weighted by Crippen LogP contribution is 2.69. The molecule has 3 aromatic rings. The van der Waals surface area contributed by atoms with Crippen molar-refractivity contribution in [2.45, 2.75) is 37.5 Å². The number of hydrogen-bond donors (Lipinski definition) is 1. The number of halogens is 1. The first-order valence-electron chi connectivity index (χ1n) is 11.5. The summed E-state index contributed by atoms with van der Waals surface area (Å²) in [5, 5.41) is 3.48. The summed E-state index contributed by atoms with van der Waals surface area (Å²) < 4.78 is 13.3. The van der Waals surface area contributed by atoms with Gasteiger partial charge in [0.15, 0.2) is 0 Å². The third-order valence-electron chi connectivity index (χ3n) is 8.69. The maximum Gasteiger partial charge on any atom is 0.123 e. The predicted octanol–water partition coefficient (Wildman–Crippen LogP) is 7.29. The molecule has 0 radical (unpaired) electrons. The maximum atomic E-state index is 13.3. The molecule has 0 unspecified atom stereocenters. The summed E-state index contributed by atoms with van der Waals surface area (Å²) in [7, 11) is 0. The fourth-order valence-electron chi connectivity index (χ4n) is 7.94. The monoisotopic (exact) mass is 395 g/mol. The molecular formula is C28H26FN. The van der Waals surface area contributed by atoms with Crippen molar-refractivity contribution in [2.75, 3.05) is 5.32 Å². The van der Waals surface area contributed by atoms with Gasteiger partial charge in [-0.05, 0) is 114 Å². The van der Waals surface area contributed by atoms with Crippen molar-refractivity contribution in [3.63, 3.8) is 0 Å². The average Bonchev–Trinajstić information content (AvgIpc) is 3.04. The van der Waals surface area contributed by atoms with E-state index in [4.69, 9.17) is 0 Å². The second-order valence-corrected chi connectivity index (χ2v) is 10.1. The highest BCUT2D eigenvalue weighted by Gasteiger charge is 2.61. The molecule has 5 aliphatic rings. The zero-order chi connectivity index (χ0) is 19.9. The lowest BCUT2D eigenvalue weighted by atomic mass is 9.43. The largest absolute Gasteiger partial charge is 0.356 e. The number of anilines is 2. The third kappa shape index (κ3) is 2.17. The minimum atomic E-state index is -0.202. The van der Waals surface area contributed by atoms with E-state index < -0.39 is 0 Å². The fourth-order valence-corrected chi connectivity index (χ4v) is 7.94. The first-order valence-corrected chi connectivity index (χ1v) is 11.5. The second-order valence-electron chi connectivity index (χ2n) is 10.1. The van der Waals surface area contributed by atoms with E-state index in [9.17, 15) is 4.39 Å². The Hall–Kier alpha value is -2.61. The Balaban J connectivity index is 1.37. The standard InChI is InChI=1S/C28H26FN/c29-21-5-7-22(8-6-21)30-23-9-10-27-25(16-23)24-3-1-2-4-26(24)28(27)19-12-17-11-18(14-19)15-20(28)13-17/h1-10,16-20,30H,11-15H2. The molecule has 0 atom stereocenters. The fraction of sp³-hybridized carbons (Fsp3) is 0.357. The molecule has 0 aromatic heterocycles. The molecule has 150 valence electrons. The number of benzene rings is 3.